The number of rotatable bonds is 3. The molecule has 0 saturated heterocycles. The molecule has 0 radical (unpaired) electrons. The Balaban J connectivity index is 1.93. The number of para-hydroxylation sites is 1. The molecule has 0 heterocycles. The van der Waals surface area contributed by atoms with Crippen molar-refractivity contribution in [3.8, 4) is 0 Å². The highest BCUT2D eigenvalue weighted by molar-refractivity contribution is 6.33. The SMILES string of the molecule is O=C(O)C1(Nc2ccccc2Cl)CC2CCC1C2. The first-order valence-corrected chi connectivity index (χ1v) is 6.76. The van der Waals surface area contributed by atoms with Gasteiger partial charge in [-0.25, -0.2) is 4.79 Å². The molecule has 3 atom stereocenters. The Labute approximate surface area is 111 Å². The second kappa shape index (κ2) is 4.16. The van der Waals surface area contributed by atoms with Crippen molar-refractivity contribution >= 4 is 23.3 Å². The van der Waals surface area contributed by atoms with Gasteiger partial charge in [-0.05, 0) is 49.7 Å². The molecule has 2 saturated carbocycles. The standard InChI is InChI=1S/C14H16ClNO2/c15-11-3-1-2-4-12(11)16-14(13(17)18)8-9-5-6-10(14)7-9/h1-4,9-10,16H,5-8H2,(H,17,18). The van der Waals surface area contributed by atoms with Crippen LogP contribution in [0.2, 0.25) is 5.02 Å². The van der Waals surface area contributed by atoms with Gasteiger partial charge in [0.1, 0.15) is 5.54 Å². The summed E-state index contributed by atoms with van der Waals surface area (Å²) in [6.45, 7) is 0. The van der Waals surface area contributed by atoms with Crippen LogP contribution in [-0.2, 0) is 4.79 Å². The van der Waals surface area contributed by atoms with Gasteiger partial charge in [0, 0.05) is 0 Å². The number of aliphatic carboxylic acids is 1. The summed E-state index contributed by atoms with van der Waals surface area (Å²) < 4.78 is 0. The zero-order valence-corrected chi connectivity index (χ0v) is 10.8. The van der Waals surface area contributed by atoms with Gasteiger partial charge in [0.2, 0.25) is 0 Å². The molecule has 2 bridgehead atoms. The molecule has 2 N–H and O–H groups in total. The Kier molecular flexibility index (Phi) is 2.74. The van der Waals surface area contributed by atoms with Gasteiger partial charge in [0.05, 0.1) is 10.7 Å². The van der Waals surface area contributed by atoms with E-state index >= 15 is 0 Å². The molecule has 0 aromatic heterocycles. The molecular weight excluding hydrogens is 250 g/mol. The van der Waals surface area contributed by atoms with Crippen molar-refractivity contribution in [2.24, 2.45) is 11.8 Å². The number of carboxylic acids is 1. The number of fused-ring (bicyclic) bond motifs is 2. The lowest BCUT2D eigenvalue weighted by Gasteiger charge is -2.35. The predicted octanol–water partition coefficient (Wildman–Crippen LogP) is 3.40. The van der Waals surface area contributed by atoms with Crippen LogP contribution in [0.25, 0.3) is 0 Å². The molecule has 4 heteroatoms. The number of anilines is 1. The summed E-state index contributed by atoms with van der Waals surface area (Å²) in [4.78, 5) is 11.7. The van der Waals surface area contributed by atoms with Crippen LogP contribution >= 0.6 is 11.6 Å². The number of hydrogen-bond acceptors (Lipinski definition) is 2. The van der Waals surface area contributed by atoms with Gasteiger partial charge in [-0.15, -0.1) is 0 Å². The van der Waals surface area contributed by atoms with Crippen LogP contribution < -0.4 is 5.32 Å². The second-order valence-electron chi connectivity index (χ2n) is 5.46. The molecule has 3 nitrogen and oxygen atoms in total. The monoisotopic (exact) mass is 265 g/mol. The number of carboxylic acid groups (broad SMARTS) is 1. The molecule has 0 spiro atoms. The molecule has 3 rings (SSSR count). The number of hydrogen-bond donors (Lipinski definition) is 2. The topological polar surface area (TPSA) is 49.3 Å². The summed E-state index contributed by atoms with van der Waals surface area (Å²) >= 11 is 6.12. The van der Waals surface area contributed by atoms with Crippen molar-refractivity contribution in [2.75, 3.05) is 5.32 Å². The summed E-state index contributed by atoms with van der Waals surface area (Å²) in [6.07, 6.45) is 3.93. The molecule has 1 aromatic rings. The average molecular weight is 266 g/mol. The lowest BCUT2D eigenvalue weighted by molar-refractivity contribution is -0.144. The smallest absolute Gasteiger partial charge is 0.329 e. The van der Waals surface area contributed by atoms with Crippen LogP contribution in [0.5, 0.6) is 0 Å². The Morgan fingerprint density at radius 3 is 2.72 bits per heavy atom. The van der Waals surface area contributed by atoms with E-state index in [4.69, 9.17) is 11.6 Å². The van der Waals surface area contributed by atoms with Crippen molar-refractivity contribution in [3.63, 3.8) is 0 Å². The predicted molar refractivity (Wildman–Crippen MR) is 70.9 cm³/mol. The zero-order chi connectivity index (χ0) is 12.8. The molecule has 3 unspecified atom stereocenters. The first-order chi connectivity index (χ1) is 8.62. The zero-order valence-electron chi connectivity index (χ0n) is 10.0. The minimum atomic E-state index is -0.812. The van der Waals surface area contributed by atoms with E-state index in [1.807, 2.05) is 18.2 Å². The summed E-state index contributed by atoms with van der Waals surface area (Å²) in [5, 5.41) is 13.4. The van der Waals surface area contributed by atoms with Gasteiger partial charge in [0.25, 0.3) is 0 Å². The molecular formula is C14H16ClNO2. The van der Waals surface area contributed by atoms with Crippen molar-refractivity contribution in [1.29, 1.82) is 0 Å². The van der Waals surface area contributed by atoms with Crippen molar-refractivity contribution < 1.29 is 9.90 Å². The van der Waals surface area contributed by atoms with Crippen LogP contribution in [0, 0.1) is 11.8 Å². The van der Waals surface area contributed by atoms with E-state index in [2.05, 4.69) is 5.32 Å². The third kappa shape index (κ3) is 1.69. The minimum absolute atomic E-state index is 0.233. The maximum Gasteiger partial charge on any atom is 0.329 e. The first kappa shape index (κ1) is 11.8. The molecule has 2 aliphatic carbocycles. The average Bonchev–Trinajstić information content (AvgIpc) is 2.93. The van der Waals surface area contributed by atoms with E-state index in [9.17, 15) is 9.90 Å². The lowest BCUT2D eigenvalue weighted by atomic mass is 9.80. The maximum absolute atomic E-state index is 11.7. The van der Waals surface area contributed by atoms with Gasteiger partial charge >= 0.3 is 5.97 Å². The molecule has 18 heavy (non-hydrogen) atoms. The van der Waals surface area contributed by atoms with Crippen LogP contribution in [0.1, 0.15) is 25.7 Å². The van der Waals surface area contributed by atoms with E-state index in [-0.39, 0.29) is 5.92 Å². The van der Waals surface area contributed by atoms with Crippen LogP contribution in [0.3, 0.4) is 0 Å². The van der Waals surface area contributed by atoms with Gasteiger partial charge in [0.15, 0.2) is 0 Å². The van der Waals surface area contributed by atoms with E-state index in [0.29, 0.717) is 10.9 Å². The summed E-state index contributed by atoms with van der Waals surface area (Å²) in [6, 6.07) is 7.35. The quantitative estimate of drug-likeness (QED) is 0.881. The van der Waals surface area contributed by atoms with E-state index < -0.39 is 11.5 Å². The third-order valence-electron chi connectivity index (χ3n) is 4.46. The summed E-state index contributed by atoms with van der Waals surface area (Å²) in [5.41, 5.74) is -0.0809. The Morgan fingerprint density at radius 2 is 2.17 bits per heavy atom. The fourth-order valence-electron chi connectivity index (χ4n) is 3.60. The van der Waals surface area contributed by atoms with Crippen molar-refractivity contribution in [3.05, 3.63) is 29.3 Å². The van der Waals surface area contributed by atoms with Crippen LogP contribution in [0.4, 0.5) is 5.69 Å². The number of carbonyl (C=O) groups is 1. The molecule has 2 aliphatic rings. The normalized spacial score (nSPS) is 33.6. The van der Waals surface area contributed by atoms with E-state index in [0.717, 1.165) is 24.9 Å². The summed E-state index contributed by atoms with van der Waals surface area (Å²) in [7, 11) is 0. The molecule has 0 aliphatic heterocycles. The Morgan fingerprint density at radius 1 is 1.39 bits per heavy atom. The number of nitrogens with one attached hydrogen (secondary N) is 1. The van der Waals surface area contributed by atoms with Gasteiger partial charge in [-0.1, -0.05) is 23.7 Å². The maximum atomic E-state index is 11.7. The third-order valence-corrected chi connectivity index (χ3v) is 4.79. The van der Waals surface area contributed by atoms with Crippen molar-refractivity contribution in [1.82, 2.24) is 0 Å². The molecule has 0 amide bonds. The summed E-state index contributed by atoms with van der Waals surface area (Å²) in [5.74, 6) is 0.0481. The highest BCUT2D eigenvalue weighted by Crippen LogP contribution is 2.52. The van der Waals surface area contributed by atoms with Gasteiger partial charge in [-0.3, -0.25) is 0 Å². The van der Waals surface area contributed by atoms with Crippen molar-refractivity contribution in [2.45, 2.75) is 31.2 Å². The minimum Gasteiger partial charge on any atom is -0.479 e. The van der Waals surface area contributed by atoms with E-state index in [1.54, 1.807) is 6.07 Å². The highest BCUT2D eigenvalue weighted by atomic mass is 35.5. The Hall–Kier alpha value is -1.22. The van der Waals surface area contributed by atoms with Gasteiger partial charge < -0.3 is 10.4 Å². The first-order valence-electron chi connectivity index (χ1n) is 6.38. The van der Waals surface area contributed by atoms with Crippen LogP contribution in [-0.4, -0.2) is 16.6 Å². The van der Waals surface area contributed by atoms with Crippen LogP contribution in [0.15, 0.2) is 24.3 Å². The number of benzene rings is 1. The van der Waals surface area contributed by atoms with E-state index in [1.165, 1.54) is 6.42 Å². The molecule has 2 fully saturated rings. The molecule has 1 aromatic carbocycles. The fourth-order valence-corrected chi connectivity index (χ4v) is 3.78. The lowest BCUT2D eigenvalue weighted by Crippen LogP contribution is -2.50. The fraction of sp³-hybridized carbons (Fsp3) is 0.500. The largest absolute Gasteiger partial charge is 0.479 e. The molecule has 96 valence electrons. The second-order valence-corrected chi connectivity index (χ2v) is 5.87. The van der Waals surface area contributed by atoms with Gasteiger partial charge in [-0.2, -0.15) is 0 Å². The Bertz CT molecular complexity index is 490. The number of halogens is 1. The highest BCUT2D eigenvalue weighted by Gasteiger charge is 2.56.